The number of nitrogens with one attached hydrogen (secondary N) is 2. The second-order valence-electron chi connectivity index (χ2n) is 3.50. The normalized spacial score (nSPS) is 10.1. The van der Waals surface area contributed by atoms with Crippen LogP contribution in [0.2, 0.25) is 0 Å². The molecule has 0 aliphatic rings. The monoisotopic (exact) mass is 311 g/mol. The van der Waals surface area contributed by atoms with Crippen molar-refractivity contribution in [2.75, 3.05) is 11.2 Å². The van der Waals surface area contributed by atoms with Crippen molar-refractivity contribution in [3.63, 3.8) is 0 Å². The number of hydrogen-bond acceptors (Lipinski definition) is 5. The molecular weight excluding hydrogens is 299 g/mol. The molecule has 0 heterocycles. The van der Waals surface area contributed by atoms with Crippen LogP contribution in [0.1, 0.15) is 6.92 Å². The van der Waals surface area contributed by atoms with E-state index in [-0.39, 0.29) is 41.2 Å². The van der Waals surface area contributed by atoms with Gasteiger partial charge in [0.1, 0.15) is 11.6 Å². The average Bonchev–Trinajstić information content (AvgIpc) is 2.28. The van der Waals surface area contributed by atoms with Crippen LogP contribution in [0, 0.1) is 0 Å². The summed E-state index contributed by atoms with van der Waals surface area (Å²) in [5.41, 5.74) is 0.526. The molecule has 0 saturated heterocycles. The summed E-state index contributed by atoms with van der Waals surface area (Å²) in [6.45, 7) is 1.35. The summed E-state index contributed by atoms with van der Waals surface area (Å²) < 4.78 is 33.9. The zero-order valence-electron chi connectivity index (χ0n) is 10.9. The third-order valence-corrected chi connectivity index (χ3v) is 2.29. The number of rotatable bonds is 4. The van der Waals surface area contributed by atoms with Crippen molar-refractivity contribution in [2.45, 2.75) is 6.92 Å². The van der Waals surface area contributed by atoms with Gasteiger partial charge in [-0.25, -0.2) is 4.79 Å². The quantitative estimate of drug-likeness (QED) is 0.539. The van der Waals surface area contributed by atoms with Crippen molar-refractivity contribution >= 4 is 57.4 Å². The van der Waals surface area contributed by atoms with E-state index >= 15 is 0 Å². The van der Waals surface area contributed by atoms with Crippen molar-refractivity contribution in [1.29, 1.82) is 0 Å². The molecule has 0 atom stereocenters. The third kappa shape index (κ3) is 8.12. The van der Waals surface area contributed by atoms with Gasteiger partial charge in [0.2, 0.25) is 5.91 Å². The first kappa shape index (κ1) is 18.9. The largest absolute Gasteiger partial charge is 0.413 e. The SMILES string of the molecule is CC(=O)Nc1ccc(OC(=O)NCS(=O)(=O)O)cc1.[Na]. The average molecular weight is 311 g/mol. The van der Waals surface area contributed by atoms with Crippen LogP contribution in [0.25, 0.3) is 0 Å². The Balaban J connectivity index is 0.00000361. The number of anilines is 1. The Labute approximate surface area is 137 Å². The fourth-order valence-electron chi connectivity index (χ4n) is 1.10. The third-order valence-electron chi connectivity index (χ3n) is 1.78. The van der Waals surface area contributed by atoms with Crippen molar-refractivity contribution in [1.82, 2.24) is 5.32 Å². The Morgan fingerprint density at radius 2 is 1.80 bits per heavy atom. The first-order valence-corrected chi connectivity index (χ1v) is 6.66. The van der Waals surface area contributed by atoms with E-state index < -0.39 is 22.1 Å². The van der Waals surface area contributed by atoms with Crippen LogP contribution in [0.5, 0.6) is 5.75 Å². The van der Waals surface area contributed by atoms with Crippen LogP contribution in [0.3, 0.4) is 0 Å². The summed E-state index contributed by atoms with van der Waals surface area (Å²) in [6, 6.07) is 5.84. The second-order valence-corrected chi connectivity index (χ2v) is 4.95. The number of carbonyl (C=O) groups is 2. The number of hydrogen-bond donors (Lipinski definition) is 3. The molecule has 8 nitrogen and oxygen atoms in total. The van der Waals surface area contributed by atoms with Crippen LogP contribution in [-0.4, -0.2) is 60.4 Å². The molecule has 0 spiro atoms. The Morgan fingerprint density at radius 3 is 2.25 bits per heavy atom. The molecule has 0 saturated carbocycles. The minimum absolute atomic E-state index is 0. The Kier molecular flexibility index (Phi) is 7.76. The summed E-state index contributed by atoms with van der Waals surface area (Å²) in [4.78, 5) is 21.9. The van der Waals surface area contributed by atoms with Crippen LogP contribution in [-0.2, 0) is 14.9 Å². The predicted molar refractivity (Wildman–Crippen MR) is 72.1 cm³/mol. The number of amides is 2. The van der Waals surface area contributed by atoms with Gasteiger partial charge in [-0.2, -0.15) is 8.42 Å². The molecule has 2 amide bonds. The Hall–Kier alpha value is -1.13. The van der Waals surface area contributed by atoms with E-state index in [1.54, 1.807) is 0 Å². The van der Waals surface area contributed by atoms with Crippen molar-refractivity contribution in [2.24, 2.45) is 0 Å². The first-order valence-electron chi connectivity index (χ1n) is 5.05. The molecule has 1 aromatic carbocycles. The van der Waals surface area contributed by atoms with Gasteiger partial charge in [-0.1, -0.05) is 0 Å². The molecule has 3 N–H and O–H groups in total. The van der Waals surface area contributed by atoms with E-state index in [1.165, 1.54) is 31.2 Å². The fraction of sp³-hybridized carbons (Fsp3) is 0.200. The molecule has 1 radical (unpaired) electrons. The minimum Gasteiger partial charge on any atom is -0.410 e. The molecule has 10 heteroatoms. The van der Waals surface area contributed by atoms with Gasteiger partial charge < -0.3 is 15.4 Å². The van der Waals surface area contributed by atoms with E-state index in [0.29, 0.717) is 5.69 Å². The van der Waals surface area contributed by atoms with Gasteiger partial charge in [0.25, 0.3) is 10.1 Å². The summed E-state index contributed by atoms with van der Waals surface area (Å²) in [5.74, 6) is -1.02. The molecule has 105 valence electrons. The van der Waals surface area contributed by atoms with Crippen LogP contribution in [0.15, 0.2) is 24.3 Å². The number of benzene rings is 1. The zero-order valence-corrected chi connectivity index (χ0v) is 13.7. The molecule has 0 aromatic heterocycles. The molecule has 0 unspecified atom stereocenters. The number of carbonyl (C=O) groups excluding carboxylic acids is 2. The summed E-state index contributed by atoms with van der Waals surface area (Å²) in [5, 5.41) is 4.37. The smallest absolute Gasteiger partial charge is 0.410 e. The van der Waals surface area contributed by atoms with E-state index in [0.717, 1.165) is 0 Å². The molecule has 1 rings (SSSR count). The molecule has 20 heavy (non-hydrogen) atoms. The minimum atomic E-state index is -4.29. The van der Waals surface area contributed by atoms with Gasteiger partial charge in [-0.05, 0) is 24.3 Å². The molecule has 0 aliphatic carbocycles. The maximum Gasteiger partial charge on any atom is 0.413 e. The van der Waals surface area contributed by atoms with Crippen molar-refractivity contribution < 1.29 is 27.3 Å². The van der Waals surface area contributed by atoms with Crippen LogP contribution in [0.4, 0.5) is 10.5 Å². The van der Waals surface area contributed by atoms with Gasteiger partial charge in [0, 0.05) is 42.2 Å². The Morgan fingerprint density at radius 1 is 1.25 bits per heavy atom. The van der Waals surface area contributed by atoms with Crippen molar-refractivity contribution in [3.8, 4) is 5.75 Å². The topological polar surface area (TPSA) is 122 Å². The predicted octanol–water partition coefficient (Wildman–Crippen LogP) is 0.198. The van der Waals surface area contributed by atoms with E-state index in [4.69, 9.17) is 9.29 Å². The summed E-state index contributed by atoms with van der Waals surface area (Å²) in [7, 11) is -4.29. The second kappa shape index (κ2) is 8.22. The number of ether oxygens (including phenoxy) is 1. The molecule has 0 aliphatic heterocycles. The molecule has 0 bridgehead atoms. The van der Waals surface area contributed by atoms with Crippen LogP contribution < -0.4 is 15.4 Å². The van der Waals surface area contributed by atoms with E-state index in [9.17, 15) is 18.0 Å². The molecular formula is C10H12N2NaO6S. The van der Waals surface area contributed by atoms with Crippen molar-refractivity contribution in [3.05, 3.63) is 24.3 Å². The Bertz CT molecular complexity index is 572. The first-order chi connectivity index (χ1) is 8.76. The van der Waals surface area contributed by atoms with Gasteiger partial charge in [0.05, 0.1) is 0 Å². The van der Waals surface area contributed by atoms with E-state index in [2.05, 4.69) is 5.32 Å². The van der Waals surface area contributed by atoms with Gasteiger partial charge in [0.15, 0.2) is 0 Å². The van der Waals surface area contributed by atoms with Gasteiger partial charge >= 0.3 is 6.09 Å². The molecule has 0 fully saturated rings. The standard InChI is InChI=1S/C10H12N2O6S.Na/c1-7(13)12-8-2-4-9(5-3-8)18-10(14)11-6-19(15,16)17;/h2-5H,6H2,1H3,(H,11,14)(H,12,13)(H,15,16,17);. The summed E-state index contributed by atoms with van der Waals surface area (Å²) >= 11 is 0. The molecule has 1 aromatic rings. The maximum absolute atomic E-state index is 11.1. The maximum atomic E-state index is 11.1. The van der Waals surface area contributed by atoms with Gasteiger partial charge in [-0.3, -0.25) is 9.35 Å². The fourth-order valence-corrected chi connectivity index (χ4v) is 1.40. The summed E-state index contributed by atoms with van der Waals surface area (Å²) in [6.07, 6.45) is -1.02. The van der Waals surface area contributed by atoms with Gasteiger partial charge in [-0.15, -0.1) is 0 Å². The zero-order chi connectivity index (χ0) is 14.5. The van der Waals surface area contributed by atoms with Crippen LogP contribution >= 0.6 is 0 Å². The van der Waals surface area contributed by atoms with E-state index in [1.807, 2.05) is 5.32 Å².